The number of aromatic amines is 1. The second kappa shape index (κ2) is 7.71. The third-order valence-electron chi connectivity index (χ3n) is 3.76. The van der Waals surface area contributed by atoms with Gasteiger partial charge in [0, 0.05) is 6.42 Å². The van der Waals surface area contributed by atoms with Gasteiger partial charge in [-0.15, -0.1) is 0 Å². The number of carbonyl (C=O) groups excluding carboxylic acids is 1. The lowest BCUT2D eigenvalue weighted by atomic mass is 9.99. The lowest BCUT2D eigenvalue weighted by molar-refractivity contribution is -0.151. The number of benzene rings is 1. The number of aromatic nitrogens is 2. The van der Waals surface area contributed by atoms with E-state index in [4.69, 9.17) is 5.73 Å². The van der Waals surface area contributed by atoms with Crippen molar-refractivity contribution in [3.05, 3.63) is 29.6 Å². The first kappa shape index (κ1) is 18.3. The summed E-state index contributed by atoms with van der Waals surface area (Å²) < 4.78 is 4.69. The van der Waals surface area contributed by atoms with Gasteiger partial charge < -0.3 is 30.8 Å². The quantitative estimate of drug-likeness (QED) is 0.424. The number of aliphatic hydroxyl groups excluding tert-OH is 3. The van der Waals surface area contributed by atoms with Crippen molar-refractivity contribution in [3.63, 3.8) is 0 Å². The fourth-order valence-electron chi connectivity index (χ4n) is 2.41. The van der Waals surface area contributed by atoms with Gasteiger partial charge in [0.05, 0.1) is 23.7 Å². The maximum Gasteiger partial charge on any atom is 0.325 e. The number of ether oxygens (including phenoxy) is 1. The maximum atomic E-state index is 11.5. The van der Waals surface area contributed by atoms with Gasteiger partial charge in [-0.2, -0.15) is 0 Å². The number of aryl methyl sites for hydroxylation is 1. The van der Waals surface area contributed by atoms with Crippen LogP contribution in [0.2, 0.25) is 0 Å². The monoisotopic (exact) mass is 337 g/mol. The predicted molar refractivity (Wildman–Crippen MR) is 87.2 cm³/mol. The molecular weight excluding hydrogens is 314 g/mol. The molecular formula is C16H23N3O5. The first-order valence-corrected chi connectivity index (χ1v) is 7.75. The van der Waals surface area contributed by atoms with E-state index < -0.39 is 30.3 Å². The molecule has 0 aliphatic rings. The summed E-state index contributed by atoms with van der Waals surface area (Å²) in [6.07, 6.45) is -4.63. The number of rotatable bonds is 7. The molecule has 0 saturated heterocycles. The van der Waals surface area contributed by atoms with Crippen LogP contribution in [0, 0.1) is 6.92 Å². The summed E-state index contributed by atoms with van der Waals surface area (Å²) in [4.78, 5) is 18.9. The van der Waals surface area contributed by atoms with Crippen LogP contribution in [0.25, 0.3) is 11.0 Å². The number of H-pyrrole nitrogens is 1. The van der Waals surface area contributed by atoms with Crippen molar-refractivity contribution >= 4 is 17.0 Å². The van der Waals surface area contributed by atoms with E-state index in [2.05, 4.69) is 14.7 Å². The molecule has 24 heavy (non-hydrogen) atoms. The number of aliphatic hydroxyl groups is 3. The van der Waals surface area contributed by atoms with Gasteiger partial charge in [-0.05, 0) is 31.5 Å². The first-order chi connectivity index (χ1) is 11.3. The molecule has 1 aromatic carbocycles. The summed E-state index contributed by atoms with van der Waals surface area (Å²) >= 11 is 0. The summed E-state index contributed by atoms with van der Waals surface area (Å²) in [7, 11) is 0. The Morgan fingerprint density at radius 1 is 1.33 bits per heavy atom. The summed E-state index contributed by atoms with van der Waals surface area (Å²) in [6, 6.07) is 4.24. The highest BCUT2D eigenvalue weighted by Crippen LogP contribution is 2.15. The fraction of sp³-hybridized carbons (Fsp3) is 0.500. The summed E-state index contributed by atoms with van der Waals surface area (Å²) in [6.45, 7) is 3.66. The first-order valence-electron chi connectivity index (χ1n) is 7.75. The van der Waals surface area contributed by atoms with E-state index in [0.29, 0.717) is 5.82 Å². The molecule has 0 bridgehead atoms. The Bertz CT molecular complexity index is 702. The number of fused-ring (bicyclic) bond motifs is 1. The highest BCUT2D eigenvalue weighted by atomic mass is 16.5. The van der Waals surface area contributed by atoms with Crippen LogP contribution in [0.5, 0.6) is 0 Å². The Morgan fingerprint density at radius 2 is 2.04 bits per heavy atom. The molecule has 4 atom stereocenters. The number of hydrogen-bond acceptors (Lipinski definition) is 7. The number of carbonyl (C=O) groups is 1. The average Bonchev–Trinajstić information content (AvgIpc) is 2.94. The Morgan fingerprint density at radius 3 is 2.71 bits per heavy atom. The van der Waals surface area contributed by atoms with Crippen molar-refractivity contribution in [2.24, 2.45) is 5.73 Å². The molecule has 6 N–H and O–H groups in total. The Balaban J connectivity index is 2.04. The standard InChI is InChI=1S/C16H23N3O5/c1-3-24-16(23)13(17)15(22)14(21)11(20)7-12-18-9-5-4-8(2)6-10(9)19-12/h4-6,11,13-15,20-22H,3,7,17H2,1-2H3,(H,18,19). The van der Waals surface area contributed by atoms with Crippen LogP contribution >= 0.6 is 0 Å². The van der Waals surface area contributed by atoms with Crippen LogP contribution in [0.3, 0.4) is 0 Å². The molecule has 2 aromatic rings. The number of nitrogens with two attached hydrogens (primary N) is 1. The number of imidazole rings is 1. The van der Waals surface area contributed by atoms with Gasteiger partial charge in [-0.1, -0.05) is 6.07 Å². The lowest BCUT2D eigenvalue weighted by Crippen LogP contribution is -2.52. The second-order valence-corrected chi connectivity index (χ2v) is 5.73. The van der Waals surface area contributed by atoms with E-state index in [1.165, 1.54) is 0 Å². The molecule has 0 radical (unpaired) electrons. The highest BCUT2D eigenvalue weighted by molar-refractivity contribution is 5.76. The number of nitrogens with zero attached hydrogens (tertiary/aromatic N) is 1. The molecule has 8 heteroatoms. The third-order valence-corrected chi connectivity index (χ3v) is 3.76. The van der Waals surface area contributed by atoms with Crippen LogP contribution in [-0.4, -0.2) is 62.2 Å². The number of nitrogens with one attached hydrogen (secondary N) is 1. The second-order valence-electron chi connectivity index (χ2n) is 5.73. The minimum absolute atomic E-state index is 0.0263. The SMILES string of the molecule is CCOC(=O)C(N)C(O)C(O)C(O)Cc1nc2ccc(C)cc2[nH]1. The molecule has 0 fully saturated rings. The fourth-order valence-corrected chi connectivity index (χ4v) is 2.41. The van der Waals surface area contributed by atoms with Gasteiger partial charge in [0.15, 0.2) is 0 Å². The van der Waals surface area contributed by atoms with Gasteiger partial charge in [0.2, 0.25) is 0 Å². The number of esters is 1. The van der Waals surface area contributed by atoms with Crippen molar-refractivity contribution in [3.8, 4) is 0 Å². The van der Waals surface area contributed by atoms with Crippen molar-refractivity contribution in [2.75, 3.05) is 6.61 Å². The Labute approximate surface area is 139 Å². The Kier molecular flexibility index (Phi) is 5.89. The molecule has 132 valence electrons. The van der Waals surface area contributed by atoms with Crippen LogP contribution in [0.4, 0.5) is 0 Å². The van der Waals surface area contributed by atoms with E-state index in [-0.39, 0.29) is 13.0 Å². The van der Waals surface area contributed by atoms with Crippen molar-refractivity contribution in [1.29, 1.82) is 0 Å². The van der Waals surface area contributed by atoms with Crippen LogP contribution in [0.15, 0.2) is 18.2 Å². The molecule has 0 spiro atoms. The summed E-state index contributed by atoms with van der Waals surface area (Å²) in [5.74, 6) is -0.380. The van der Waals surface area contributed by atoms with E-state index in [1.807, 2.05) is 25.1 Å². The van der Waals surface area contributed by atoms with Crippen molar-refractivity contribution < 1.29 is 24.9 Å². The van der Waals surface area contributed by atoms with E-state index in [1.54, 1.807) is 6.92 Å². The molecule has 4 unspecified atom stereocenters. The summed E-state index contributed by atoms with van der Waals surface area (Å²) in [5, 5.41) is 30.1. The summed E-state index contributed by atoms with van der Waals surface area (Å²) in [5.41, 5.74) is 8.15. The predicted octanol–water partition coefficient (Wildman–Crippen LogP) is -0.613. The van der Waals surface area contributed by atoms with Crippen LogP contribution in [0.1, 0.15) is 18.3 Å². The zero-order valence-corrected chi connectivity index (χ0v) is 13.6. The average molecular weight is 337 g/mol. The maximum absolute atomic E-state index is 11.5. The van der Waals surface area contributed by atoms with Gasteiger partial charge in [0.25, 0.3) is 0 Å². The minimum atomic E-state index is -1.65. The highest BCUT2D eigenvalue weighted by Gasteiger charge is 2.34. The smallest absolute Gasteiger partial charge is 0.325 e. The number of hydrogen-bond donors (Lipinski definition) is 5. The largest absolute Gasteiger partial charge is 0.465 e. The molecule has 1 heterocycles. The molecule has 0 amide bonds. The van der Waals surface area contributed by atoms with E-state index in [9.17, 15) is 20.1 Å². The molecule has 1 aromatic heterocycles. The zero-order valence-electron chi connectivity index (χ0n) is 13.6. The van der Waals surface area contributed by atoms with E-state index >= 15 is 0 Å². The topological polar surface area (TPSA) is 142 Å². The molecule has 0 saturated carbocycles. The molecule has 8 nitrogen and oxygen atoms in total. The van der Waals surface area contributed by atoms with Gasteiger partial charge >= 0.3 is 5.97 Å². The molecule has 0 aliphatic carbocycles. The Hall–Kier alpha value is -2.00. The van der Waals surface area contributed by atoms with Crippen molar-refractivity contribution in [1.82, 2.24) is 9.97 Å². The van der Waals surface area contributed by atoms with Crippen molar-refractivity contribution in [2.45, 2.75) is 44.6 Å². The lowest BCUT2D eigenvalue weighted by Gasteiger charge is -2.25. The molecule has 0 aliphatic heterocycles. The van der Waals surface area contributed by atoms with E-state index in [0.717, 1.165) is 16.6 Å². The minimum Gasteiger partial charge on any atom is -0.465 e. The zero-order chi connectivity index (χ0) is 17.9. The third kappa shape index (κ3) is 4.09. The van der Waals surface area contributed by atoms with Gasteiger partial charge in [-0.25, -0.2) is 4.98 Å². The van der Waals surface area contributed by atoms with Crippen LogP contribution in [-0.2, 0) is 16.0 Å². The van der Waals surface area contributed by atoms with Crippen LogP contribution < -0.4 is 5.73 Å². The molecule has 2 rings (SSSR count). The normalized spacial score (nSPS) is 16.6. The van der Waals surface area contributed by atoms with Gasteiger partial charge in [0.1, 0.15) is 24.1 Å². The van der Waals surface area contributed by atoms with Gasteiger partial charge in [-0.3, -0.25) is 4.79 Å².